The van der Waals surface area contributed by atoms with Gasteiger partial charge in [-0.05, 0) is 35.8 Å². The summed E-state index contributed by atoms with van der Waals surface area (Å²) < 4.78 is 12.4. The van der Waals surface area contributed by atoms with Crippen molar-refractivity contribution in [2.24, 2.45) is 0 Å². The van der Waals surface area contributed by atoms with Crippen molar-refractivity contribution in [3.05, 3.63) is 78.1 Å². The average Bonchev–Trinajstić information content (AvgIpc) is 3.34. The van der Waals surface area contributed by atoms with Gasteiger partial charge < -0.3 is 14.8 Å². The highest BCUT2D eigenvalue weighted by atomic mass is 16.7. The normalized spacial score (nSPS) is 12.4. The van der Waals surface area contributed by atoms with Gasteiger partial charge in [0.05, 0.1) is 11.9 Å². The standard InChI is InChI=1S/C21H19N3O3/c25-21(9-7-17-6-8-19-20(12-17)27-15-26-19)23-18-13-22-24(14-18)11-10-16-4-2-1-3-5-16/h1-9,12-14H,10-11,15H2,(H,23,25)/b9-7+. The van der Waals surface area contributed by atoms with E-state index in [4.69, 9.17) is 9.47 Å². The van der Waals surface area contributed by atoms with Gasteiger partial charge in [-0.2, -0.15) is 5.10 Å². The van der Waals surface area contributed by atoms with E-state index in [-0.39, 0.29) is 12.7 Å². The molecule has 1 aliphatic rings. The van der Waals surface area contributed by atoms with Crippen molar-refractivity contribution in [2.75, 3.05) is 12.1 Å². The maximum absolute atomic E-state index is 12.1. The third kappa shape index (κ3) is 4.36. The van der Waals surface area contributed by atoms with Crippen LogP contribution in [-0.2, 0) is 17.8 Å². The fourth-order valence-electron chi connectivity index (χ4n) is 2.81. The van der Waals surface area contributed by atoms with Gasteiger partial charge in [0.25, 0.3) is 0 Å². The van der Waals surface area contributed by atoms with Gasteiger partial charge in [0, 0.05) is 18.8 Å². The van der Waals surface area contributed by atoms with E-state index in [0.717, 1.165) is 24.3 Å². The minimum absolute atomic E-state index is 0.213. The molecular weight excluding hydrogens is 342 g/mol. The lowest BCUT2D eigenvalue weighted by Crippen LogP contribution is -2.07. The summed E-state index contributed by atoms with van der Waals surface area (Å²) in [6, 6.07) is 15.8. The Morgan fingerprint density at radius 3 is 2.89 bits per heavy atom. The van der Waals surface area contributed by atoms with E-state index in [9.17, 15) is 4.79 Å². The quantitative estimate of drug-likeness (QED) is 0.683. The molecule has 0 spiro atoms. The predicted octanol–water partition coefficient (Wildman–Crippen LogP) is 3.51. The lowest BCUT2D eigenvalue weighted by molar-refractivity contribution is -0.111. The summed E-state index contributed by atoms with van der Waals surface area (Å²) in [5.41, 5.74) is 2.79. The Morgan fingerprint density at radius 2 is 2.00 bits per heavy atom. The second-order valence-electron chi connectivity index (χ2n) is 6.16. The molecule has 0 unspecified atom stereocenters. The number of carbonyl (C=O) groups excluding carboxylic acids is 1. The first-order valence-electron chi connectivity index (χ1n) is 8.71. The van der Waals surface area contributed by atoms with Gasteiger partial charge in [-0.15, -0.1) is 0 Å². The molecule has 0 saturated heterocycles. The fourth-order valence-corrected chi connectivity index (χ4v) is 2.81. The zero-order valence-electron chi connectivity index (χ0n) is 14.7. The maximum Gasteiger partial charge on any atom is 0.248 e. The van der Waals surface area contributed by atoms with Gasteiger partial charge in [-0.1, -0.05) is 36.4 Å². The Bertz CT molecular complexity index is 964. The smallest absolute Gasteiger partial charge is 0.248 e. The average molecular weight is 361 g/mol. The molecule has 1 aromatic heterocycles. The van der Waals surface area contributed by atoms with Gasteiger partial charge in [-0.25, -0.2) is 0 Å². The van der Waals surface area contributed by atoms with Crippen molar-refractivity contribution in [1.82, 2.24) is 9.78 Å². The van der Waals surface area contributed by atoms with Crippen molar-refractivity contribution < 1.29 is 14.3 Å². The van der Waals surface area contributed by atoms with Crippen molar-refractivity contribution >= 4 is 17.7 Å². The number of carbonyl (C=O) groups is 1. The Kier molecular flexibility index (Phi) is 4.87. The summed E-state index contributed by atoms with van der Waals surface area (Å²) >= 11 is 0. The van der Waals surface area contributed by atoms with Crippen LogP contribution in [0.25, 0.3) is 6.08 Å². The number of hydrogen-bond acceptors (Lipinski definition) is 4. The molecule has 136 valence electrons. The van der Waals surface area contributed by atoms with Gasteiger partial charge in [0.2, 0.25) is 12.7 Å². The van der Waals surface area contributed by atoms with Crippen molar-refractivity contribution in [1.29, 1.82) is 0 Å². The third-order valence-corrected chi connectivity index (χ3v) is 4.20. The lowest BCUT2D eigenvalue weighted by Gasteiger charge is -2.01. The molecule has 6 nitrogen and oxygen atoms in total. The van der Waals surface area contributed by atoms with Crippen LogP contribution < -0.4 is 14.8 Å². The van der Waals surface area contributed by atoms with E-state index >= 15 is 0 Å². The number of hydrogen-bond donors (Lipinski definition) is 1. The number of amides is 1. The molecule has 0 bridgehead atoms. The highest BCUT2D eigenvalue weighted by Gasteiger charge is 2.12. The van der Waals surface area contributed by atoms with Crippen LogP contribution in [0.2, 0.25) is 0 Å². The van der Waals surface area contributed by atoms with Crippen molar-refractivity contribution in [3.63, 3.8) is 0 Å². The first kappa shape index (κ1) is 16.9. The summed E-state index contributed by atoms with van der Waals surface area (Å²) in [6.45, 7) is 0.990. The molecular formula is C21H19N3O3. The van der Waals surface area contributed by atoms with E-state index in [0.29, 0.717) is 11.4 Å². The van der Waals surface area contributed by atoms with Crippen molar-refractivity contribution in [3.8, 4) is 11.5 Å². The van der Waals surface area contributed by atoms with Gasteiger partial charge >= 0.3 is 0 Å². The number of rotatable bonds is 6. The maximum atomic E-state index is 12.1. The van der Waals surface area contributed by atoms with Crippen LogP contribution in [0.3, 0.4) is 0 Å². The number of ether oxygens (including phenoxy) is 2. The van der Waals surface area contributed by atoms with E-state index in [1.807, 2.05) is 47.3 Å². The first-order chi connectivity index (χ1) is 13.3. The largest absolute Gasteiger partial charge is 0.454 e. The summed E-state index contributed by atoms with van der Waals surface area (Å²) in [4.78, 5) is 12.1. The van der Waals surface area contributed by atoms with Crippen LogP contribution in [0.4, 0.5) is 5.69 Å². The van der Waals surface area contributed by atoms with E-state index in [2.05, 4.69) is 22.5 Å². The molecule has 0 fully saturated rings. The fraction of sp³-hybridized carbons (Fsp3) is 0.143. The Hall–Kier alpha value is -3.54. The van der Waals surface area contributed by atoms with Crippen LogP contribution >= 0.6 is 0 Å². The molecule has 1 N–H and O–H groups in total. The molecule has 3 aromatic rings. The first-order valence-corrected chi connectivity index (χ1v) is 8.71. The topological polar surface area (TPSA) is 65.4 Å². The molecule has 6 heteroatoms. The molecule has 0 saturated carbocycles. The van der Waals surface area contributed by atoms with Gasteiger partial charge in [0.15, 0.2) is 11.5 Å². The van der Waals surface area contributed by atoms with E-state index in [1.54, 1.807) is 12.3 Å². The summed E-state index contributed by atoms with van der Waals surface area (Å²) in [6.07, 6.45) is 7.59. The third-order valence-electron chi connectivity index (χ3n) is 4.20. The number of fused-ring (bicyclic) bond motifs is 1. The number of anilines is 1. The van der Waals surface area contributed by atoms with Crippen LogP contribution in [0.5, 0.6) is 11.5 Å². The second-order valence-corrected chi connectivity index (χ2v) is 6.16. The molecule has 0 radical (unpaired) electrons. The monoisotopic (exact) mass is 361 g/mol. The number of aromatic nitrogens is 2. The number of nitrogens with zero attached hydrogens (tertiary/aromatic N) is 2. The second kappa shape index (κ2) is 7.78. The Morgan fingerprint density at radius 1 is 1.15 bits per heavy atom. The molecule has 2 aromatic carbocycles. The minimum Gasteiger partial charge on any atom is -0.454 e. The number of aryl methyl sites for hydroxylation is 2. The molecule has 4 rings (SSSR count). The highest BCUT2D eigenvalue weighted by molar-refractivity contribution is 6.01. The van der Waals surface area contributed by atoms with E-state index < -0.39 is 0 Å². The van der Waals surface area contributed by atoms with Crippen LogP contribution in [0, 0.1) is 0 Å². The molecule has 1 aliphatic heterocycles. The highest BCUT2D eigenvalue weighted by Crippen LogP contribution is 2.32. The van der Waals surface area contributed by atoms with Gasteiger partial charge in [0.1, 0.15) is 0 Å². The predicted molar refractivity (Wildman–Crippen MR) is 103 cm³/mol. The van der Waals surface area contributed by atoms with Crippen LogP contribution in [0.15, 0.2) is 67.0 Å². The Balaban J connectivity index is 1.31. The number of nitrogens with one attached hydrogen (secondary N) is 1. The minimum atomic E-state index is -0.213. The number of benzene rings is 2. The molecule has 0 atom stereocenters. The zero-order chi connectivity index (χ0) is 18.5. The van der Waals surface area contributed by atoms with Crippen molar-refractivity contribution in [2.45, 2.75) is 13.0 Å². The zero-order valence-corrected chi connectivity index (χ0v) is 14.7. The SMILES string of the molecule is O=C(/C=C/c1ccc2c(c1)OCO2)Nc1cnn(CCc2ccccc2)c1. The lowest BCUT2D eigenvalue weighted by atomic mass is 10.1. The summed E-state index contributed by atoms with van der Waals surface area (Å²) in [5, 5.41) is 7.11. The van der Waals surface area contributed by atoms with Crippen LogP contribution in [-0.4, -0.2) is 22.5 Å². The molecule has 0 aliphatic carbocycles. The van der Waals surface area contributed by atoms with E-state index in [1.165, 1.54) is 11.6 Å². The summed E-state index contributed by atoms with van der Waals surface area (Å²) in [7, 11) is 0. The molecule has 27 heavy (non-hydrogen) atoms. The molecule has 2 heterocycles. The molecule has 1 amide bonds. The van der Waals surface area contributed by atoms with Crippen LogP contribution in [0.1, 0.15) is 11.1 Å². The van der Waals surface area contributed by atoms with Gasteiger partial charge in [-0.3, -0.25) is 9.48 Å². The summed E-state index contributed by atoms with van der Waals surface area (Å²) in [5.74, 6) is 1.20. The Labute approximate surface area is 157 Å².